The van der Waals surface area contributed by atoms with Gasteiger partial charge in [-0.05, 0) is 24.9 Å². The van der Waals surface area contributed by atoms with Gasteiger partial charge >= 0.3 is 5.97 Å². The second-order valence-electron chi connectivity index (χ2n) is 7.96. The molecule has 1 aromatic rings. The summed E-state index contributed by atoms with van der Waals surface area (Å²) in [5.74, 6) is -4.91. The van der Waals surface area contributed by atoms with E-state index in [4.69, 9.17) is 17.2 Å². The van der Waals surface area contributed by atoms with Gasteiger partial charge in [-0.1, -0.05) is 36.8 Å². The van der Waals surface area contributed by atoms with E-state index in [2.05, 4.69) is 16.0 Å². The van der Waals surface area contributed by atoms with E-state index in [-0.39, 0.29) is 6.42 Å². The molecule has 0 aliphatic rings. The zero-order chi connectivity index (χ0) is 26.4. The van der Waals surface area contributed by atoms with E-state index < -0.39 is 66.8 Å². The molecule has 0 spiro atoms. The van der Waals surface area contributed by atoms with Crippen molar-refractivity contribution >= 4 is 29.6 Å². The van der Waals surface area contributed by atoms with Crippen molar-refractivity contribution in [3.63, 3.8) is 0 Å². The van der Waals surface area contributed by atoms with Gasteiger partial charge in [0.1, 0.15) is 18.1 Å². The molecule has 0 fully saturated rings. The number of amides is 4. The molecular formula is C22H34N6O7. The van der Waals surface area contributed by atoms with E-state index in [0.29, 0.717) is 31.4 Å². The fraction of sp³-hybridized carbons (Fsp3) is 0.500. The number of carboxylic acids is 1. The Hall–Kier alpha value is -3.55. The number of hydrogen-bond acceptors (Lipinski definition) is 8. The van der Waals surface area contributed by atoms with Gasteiger partial charge in [-0.3, -0.25) is 19.2 Å². The van der Waals surface area contributed by atoms with Crippen LogP contribution < -0.4 is 33.2 Å². The molecule has 0 aliphatic carbocycles. The maximum Gasteiger partial charge on any atom is 0.326 e. The number of benzene rings is 1. The van der Waals surface area contributed by atoms with E-state index in [1.165, 1.54) is 0 Å². The predicted octanol–water partition coefficient (Wildman–Crippen LogP) is -2.91. The standard InChI is InChI=1S/C22H34N6O7/c23-9-5-4-8-14(24)19(31)28-17(12-29)21(33)26-15(11-18(25)30)20(32)27-16(22(34)35)10-13-6-2-1-3-7-13/h1-3,6-7,14-17,29H,4-5,8-12,23-24H2,(H2,25,30)(H,26,33)(H,27,32)(H,28,31)(H,34,35). The number of hydrogen-bond donors (Lipinski definition) is 8. The fourth-order valence-electron chi connectivity index (χ4n) is 3.12. The summed E-state index contributed by atoms with van der Waals surface area (Å²) in [6.45, 7) is -0.378. The summed E-state index contributed by atoms with van der Waals surface area (Å²) in [7, 11) is 0. The van der Waals surface area contributed by atoms with Gasteiger partial charge in [-0.2, -0.15) is 0 Å². The first kappa shape index (κ1) is 29.5. The normalized spacial score (nSPS) is 14.1. The van der Waals surface area contributed by atoms with E-state index in [1.54, 1.807) is 30.3 Å². The van der Waals surface area contributed by atoms with Gasteiger partial charge in [0.05, 0.1) is 19.1 Å². The molecule has 0 saturated carbocycles. The minimum Gasteiger partial charge on any atom is -0.480 e. The van der Waals surface area contributed by atoms with Gasteiger partial charge in [0, 0.05) is 6.42 Å². The van der Waals surface area contributed by atoms with Crippen molar-refractivity contribution in [2.24, 2.45) is 17.2 Å². The number of nitrogens with one attached hydrogen (secondary N) is 3. The quantitative estimate of drug-likeness (QED) is 0.110. The number of rotatable bonds is 16. The number of primary amides is 1. The molecule has 35 heavy (non-hydrogen) atoms. The second kappa shape index (κ2) is 15.4. The maximum absolute atomic E-state index is 12.7. The Morgan fingerprint density at radius 2 is 1.43 bits per heavy atom. The molecule has 11 N–H and O–H groups in total. The summed E-state index contributed by atoms with van der Waals surface area (Å²) >= 11 is 0. The number of carbonyl (C=O) groups is 5. The van der Waals surface area contributed by atoms with Crippen molar-refractivity contribution < 1.29 is 34.2 Å². The van der Waals surface area contributed by atoms with Gasteiger partial charge < -0.3 is 43.4 Å². The predicted molar refractivity (Wildman–Crippen MR) is 125 cm³/mol. The lowest BCUT2D eigenvalue weighted by Crippen LogP contribution is -2.58. The van der Waals surface area contributed by atoms with Crippen LogP contribution in [0.25, 0.3) is 0 Å². The number of nitrogens with two attached hydrogens (primary N) is 3. The molecular weight excluding hydrogens is 460 g/mol. The fourth-order valence-corrected chi connectivity index (χ4v) is 3.12. The van der Waals surface area contributed by atoms with E-state index >= 15 is 0 Å². The summed E-state index contributed by atoms with van der Waals surface area (Å²) in [6, 6.07) is 3.23. The molecule has 0 saturated heterocycles. The lowest BCUT2D eigenvalue weighted by Gasteiger charge is -2.24. The van der Waals surface area contributed by atoms with Crippen LogP contribution in [0, 0.1) is 0 Å². The maximum atomic E-state index is 12.7. The van der Waals surface area contributed by atoms with Crippen LogP contribution in [0.4, 0.5) is 0 Å². The number of aliphatic hydroxyl groups excluding tert-OH is 1. The molecule has 13 nitrogen and oxygen atoms in total. The molecule has 4 unspecified atom stereocenters. The van der Waals surface area contributed by atoms with Crippen LogP contribution in [0.3, 0.4) is 0 Å². The molecule has 0 aliphatic heterocycles. The average Bonchev–Trinajstić information content (AvgIpc) is 2.81. The van der Waals surface area contributed by atoms with Crippen molar-refractivity contribution in [3.05, 3.63) is 35.9 Å². The first-order valence-electron chi connectivity index (χ1n) is 11.1. The zero-order valence-corrected chi connectivity index (χ0v) is 19.3. The van der Waals surface area contributed by atoms with Crippen molar-refractivity contribution in [3.8, 4) is 0 Å². The lowest BCUT2D eigenvalue weighted by molar-refractivity contribution is -0.142. The number of aliphatic carboxylic acids is 1. The SMILES string of the molecule is NCCCCC(N)C(=O)NC(CO)C(=O)NC(CC(N)=O)C(=O)NC(Cc1ccccc1)C(=O)O. The third-order valence-corrected chi connectivity index (χ3v) is 5.06. The smallest absolute Gasteiger partial charge is 0.326 e. The summed E-state index contributed by atoms with van der Waals surface area (Å²) in [6.07, 6.45) is 0.885. The monoisotopic (exact) mass is 494 g/mol. The molecule has 0 heterocycles. The Morgan fingerprint density at radius 1 is 0.857 bits per heavy atom. The van der Waals surface area contributed by atoms with Crippen molar-refractivity contribution in [1.82, 2.24) is 16.0 Å². The number of carboxylic acid groups (broad SMARTS) is 1. The van der Waals surface area contributed by atoms with Crippen molar-refractivity contribution in [2.75, 3.05) is 13.2 Å². The summed E-state index contributed by atoms with van der Waals surface area (Å²) in [4.78, 5) is 60.7. The largest absolute Gasteiger partial charge is 0.480 e. The number of carbonyl (C=O) groups excluding carboxylic acids is 4. The highest BCUT2D eigenvalue weighted by molar-refractivity contribution is 5.96. The number of unbranched alkanes of at least 4 members (excludes halogenated alkanes) is 1. The van der Waals surface area contributed by atoms with E-state index in [0.717, 1.165) is 0 Å². The van der Waals surface area contributed by atoms with Crippen LogP contribution in [0.2, 0.25) is 0 Å². The summed E-state index contributed by atoms with van der Waals surface area (Å²) < 4.78 is 0. The lowest BCUT2D eigenvalue weighted by atomic mass is 10.0. The third-order valence-electron chi connectivity index (χ3n) is 5.06. The minimum atomic E-state index is -1.54. The van der Waals surface area contributed by atoms with Crippen molar-refractivity contribution in [1.29, 1.82) is 0 Å². The van der Waals surface area contributed by atoms with Crippen LogP contribution >= 0.6 is 0 Å². The van der Waals surface area contributed by atoms with Crippen LogP contribution in [0.5, 0.6) is 0 Å². The van der Waals surface area contributed by atoms with Crippen LogP contribution in [-0.4, -0.2) is 77.1 Å². The zero-order valence-electron chi connectivity index (χ0n) is 19.3. The van der Waals surface area contributed by atoms with Crippen LogP contribution in [0.1, 0.15) is 31.2 Å². The summed E-state index contributed by atoms with van der Waals surface area (Å²) in [5.41, 5.74) is 17.0. The van der Waals surface area contributed by atoms with Crippen molar-refractivity contribution in [2.45, 2.75) is 56.3 Å². The Kier molecular flexibility index (Phi) is 12.9. The van der Waals surface area contributed by atoms with Crippen LogP contribution in [0.15, 0.2) is 30.3 Å². The topological polar surface area (TPSA) is 240 Å². The summed E-state index contributed by atoms with van der Waals surface area (Å²) in [5, 5.41) is 25.8. The van der Waals surface area contributed by atoms with Gasteiger partial charge in [0.15, 0.2) is 0 Å². The molecule has 1 rings (SSSR count). The first-order chi connectivity index (χ1) is 16.6. The Balaban J connectivity index is 2.85. The van der Waals surface area contributed by atoms with Gasteiger partial charge in [-0.25, -0.2) is 4.79 Å². The first-order valence-corrected chi connectivity index (χ1v) is 11.1. The molecule has 0 aromatic heterocycles. The molecule has 1 aromatic carbocycles. The molecule has 0 radical (unpaired) electrons. The van der Waals surface area contributed by atoms with E-state index in [9.17, 15) is 34.2 Å². The number of aliphatic hydroxyl groups is 1. The average molecular weight is 495 g/mol. The van der Waals surface area contributed by atoms with Gasteiger partial charge in [0.2, 0.25) is 23.6 Å². The molecule has 13 heteroatoms. The molecule has 194 valence electrons. The highest BCUT2D eigenvalue weighted by Crippen LogP contribution is 2.05. The minimum absolute atomic E-state index is 0.0451. The molecule has 4 amide bonds. The van der Waals surface area contributed by atoms with Gasteiger partial charge in [0.25, 0.3) is 0 Å². The third kappa shape index (κ3) is 10.9. The van der Waals surface area contributed by atoms with Crippen LogP contribution in [-0.2, 0) is 30.4 Å². The molecule has 0 bridgehead atoms. The van der Waals surface area contributed by atoms with Gasteiger partial charge in [-0.15, -0.1) is 0 Å². The highest BCUT2D eigenvalue weighted by Gasteiger charge is 2.31. The Labute approximate surface area is 202 Å². The van der Waals surface area contributed by atoms with E-state index in [1.807, 2.05) is 0 Å². The second-order valence-corrected chi connectivity index (χ2v) is 7.96. The Bertz CT molecular complexity index is 867. The Morgan fingerprint density at radius 3 is 1.97 bits per heavy atom. The molecule has 4 atom stereocenters. The highest BCUT2D eigenvalue weighted by atomic mass is 16.4.